The molecule has 0 radical (unpaired) electrons. The van der Waals surface area contributed by atoms with Crippen LogP contribution in [0.3, 0.4) is 0 Å². The van der Waals surface area contributed by atoms with Gasteiger partial charge in [0, 0.05) is 25.3 Å². The predicted molar refractivity (Wildman–Crippen MR) is 65.0 cm³/mol. The lowest BCUT2D eigenvalue weighted by Gasteiger charge is -2.08. The number of ketones is 1. The Kier molecular flexibility index (Phi) is 5.48. The maximum absolute atomic E-state index is 11.6. The van der Waals surface area contributed by atoms with Gasteiger partial charge in [0.15, 0.2) is 0 Å². The summed E-state index contributed by atoms with van der Waals surface area (Å²) in [5, 5.41) is 4.10. The third-order valence-electron chi connectivity index (χ3n) is 2.60. The molecule has 0 saturated heterocycles. The van der Waals surface area contributed by atoms with Gasteiger partial charge in [-0.15, -0.1) is 0 Å². The summed E-state index contributed by atoms with van der Waals surface area (Å²) >= 11 is 0. The van der Waals surface area contributed by atoms with E-state index in [1.54, 1.807) is 4.68 Å². The van der Waals surface area contributed by atoms with E-state index < -0.39 is 0 Å². The van der Waals surface area contributed by atoms with Gasteiger partial charge in [0.05, 0.1) is 13.5 Å². The largest absolute Gasteiger partial charge is 0.469 e. The minimum absolute atomic E-state index is 0.0405. The van der Waals surface area contributed by atoms with E-state index in [1.165, 1.54) is 13.4 Å². The van der Waals surface area contributed by atoms with Crippen molar-refractivity contribution < 1.29 is 14.3 Å². The van der Waals surface area contributed by atoms with Gasteiger partial charge in [-0.25, -0.2) is 9.67 Å². The first-order valence-corrected chi connectivity index (χ1v) is 6.01. The van der Waals surface area contributed by atoms with Crippen molar-refractivity contribution in [3.8, 4) is 0 Å². The van der Waals surface area contributed by atoms with Crippen LogP contribution in [0.15, 0.2) is 6.33 Å². The van der Waals surface area contributed by atoms with Crippen LogP contribution in [0, 0.1) is 0 Å². The summed E-state index contributed by atoms with van der Waals surface area (Å²) in [4.78, 5) is 26.6. The van der Waals surface area contributed by atoms with Crippen molar-refractivity contribution in [3.63, 3.8) is 0 Å². The Morgan fingerprint density at radius 1 is 1.33 bits per heavy atom. The first-order valence-electron chi connectivity index (χ1n) is 6.01. The molecule has 0 aliphatic rings. The van der Waals surface area contributed by atoms with E-state index in [1.807, 2.05) is 13.8 Å². The molecule has 6 heteroatoms. The van der Waals surface area contributed by atoms with Gasteiger partial charge < -0.3 is 4.74 Å². The van der Waals surface area contributed by atoms with Gasteiger partial charge in [-0.1, -0.05) is 0 Å². The zero-order valence-electron chi connectivity index (χ0n) is 11.0. The normalized spacial score (nSPS) is 10.7. The molecule has 0 spiro atoms. The Morgan fingerprint density at radius 2 is 2.06 bits per heavy atom. The molecule has 0 atom stereocenters. The minimum atomic E-state index is -0.353. The summed E-state index contributed by atoms with van der Waals surface area (Å²) in [6, 6.07) is 0.229. The Labute approximate surface area is 106 Å². The van der Waals surface area contributed by atoms with Gasteiger partial charge in [-0.05, 0) is 13.8 Å². The fraction of sp³-hybridized carbons (Fsp3) is 0.667. The monoisotopic (exact) mass is 253 g/mol. The number of Topliss-reactive ketones (excluding diaryl/α,β-unsaturated/α-hetero) is 1. The van der Waals surface area contributed by atoms with Gasteiger partial charge >= 0.3 is 5.97 Å². The highest BCUT2D eigenvalue weighted by Gasteiger charge is 2.11. The highest BCUT2D eigenvalue weighted by molar-refractivity contribution is 5.82. The van der Waals surface area contributed by atoms with E-state index in [-0.39, 0.29) is 30.6 Å². The van der Waals surface area contributed by atoms with E-state index >= 15 is 0 Å². The smallest absolute Gasteiger partial charge is 0.305 e. The summed E-state index contributed by atoms with van der Waals surface area (Å²) in [6.45, 7) is 4.02. The molecular weight excluding hydrogens is 234 g/mol. The van der Waals surface area contributed by atoms with Gasteiger partial charge in [0.2, 0.25) is 0 Å². The third-order valence-corrected chi connectivity index (χ3v) is 2.60. The number of nitrogens with zero attached hydrogens (tertiary/aromatic N) is 3. The zero-order valence-corrected chi connectivity index (χ0v) is 11.0. The van der Waals surface area contributed by atoms with E-state index in [2.05, 4.69) is 14.8 Å². The van der Waals surface area contributed by atoms with Crippen LogP contribution < -0.4 is 0 Å². The molecule has 0 aromatic carbocycles. The fourth-order valence-corrected chi connectivity index (χ4v) is 1.60. The molecule has 0 fully saturated rings. The molecule has 1 aromatic heterocycles. The standard InChI is InChI=1S/C12H19N3O3/c1-9(2)15-11(13-8-14-15)6-4-10(16)5-7-12(17)18-3/h8-9H,4-7H2,1-3H3. The first kappa shape index (κ1) is 14.3. The molecule has 0 N–H and O–H groups in total. The SMILES string of the molecule is COC(=O)CCC(=O)CCc1ncnn1C(C)C. The number of carbonyl (C=O) groups is 2. The lowest BCUT2D eigenvalue weighted by Crippen LogP contribution is -2.11. The molecule has 0 saturated carbocycles. The van der Waals surface area contributed by atoms with Crippen molar-refractivity contribution in [1.82, 2.24) is 14.8 Å². The number of rotatable bonds is 7. The summed E-state index contributed by atoms with van der Waals surface area (Å²) in [7, 11) is 1.32. The van der Waals surface area contributed by atoms with Crippen molar-refractivity contribution in [1.29, 1.82) is 0 Å². The highest BCUT2D eigenvalue weighted by atomic mass is 16.5. The number of hydrogen-bond donors (Lipinski definition) is 0. The molecule has 1 rings (SSSR count). The van der Waals surface area contributed by atoms with Crippen LogP contribution in [0.25, 0.3) is 0 Å². The maximum Gasteiger partial charge on any atom is 0.305 e. The summed E-state index contributed by atoms with van der Waals surface area (Å²) in [5.41, 5.74) is 0. The number of carbonyl (C=O) groups excluding carboxylic acids is 2. The van der Waals surface area contributed by atoms with Gasteiger partial charge in [0.1, 0.15) is 17.9 Å². The van der Waals surface area contributed by atoms with Crippen molar-refractivity contribution in [2.24, 2.45) is 0 Å². The second-order valence-electron chi connectivity index (χ2n) is 4.33. The third kappa shape index (κ3) is 4.27. The number of ether oxygens (including phenoxy) is 1. The molecule has 0 aliphatic heterocycles. The van der Waals surface area contributed by atoms with Crippen molar-refractivity contribution >= 4 is 11.8 Å². The highest BCUT2D eigenvalue weighted by Crippen LogP contribution is 2.08. The van der Waals surface area contributed by atoms with Crippen LogP contribution in [0.4, 0.5) is 0 Å². The molecule has 18 heavy (non-hydrogen) atoms. The minimum Gasteiger partial charge on any atom is -0.469 e. The lowest BCUT2D eigenvalue weighted by atomic mass is 10.1. The van der Waals surface area contributed by atoms with Gasteiger partial charge in [0.25, 0.3) is 0 Å². The molecule has 0 amide bonds. The van der Waals surface area contributed by atoms with Crippen LogP contribution >= 0.6 is 0 Å². The van der Waals surface area contributed by atoms with E-state index in [4.69, 9.17) is 0 Å². The van der Waals surface area contributed by atoms with Crippen LogP contribution in [0.1, 0.15) is 45.0 Å². The van der Waals surface area contributed by atoms with Crippen LogP contribution in [0.5, 0.6) is 0 Å². The summed E-state index contributed by atoms with van der Waals surface area (Å²) < 4.78 is 6.28. The Morgan fingerprint density at radius 3 is 2.67 bits per heavy atom. The van der Waals surface area contributed by atoms with Gasteiger partial charge in [-0.2, -0.15) is 5.10 Å². The lowest BCUT2D eigenvalue weighted by molar-refractivity contribution is -0.141. The quantitative estimate of drug-likeness (QED) is 0.685. The molecule has 100 valence electrons. The van der Waals surface area contributed by atoms with Crippen LogP contribution in [-0.2, 0) is 20.7 Å². The summed E-state index contributed by atoms with van der Waals surface area (Å²) in [6.07, 6.45) is 2.80. The number of esters is 1. The topological polar surface area (TPSA) is 74.1 Å². The van der Waals surface area contributed by atoms with E-state index in [0.29, 0.717) is 12.8 Å². The second kappa shape index (κ2) is 6.88. The molecule has 0 aliphatic carbocycles. The number of hydrogen-bond acceptors (Lipinski definition) is 5. The fourth-order valence-electron chi connectivity index (χ4n) is 1.60. The Hall–Kier alpha value is -1.72. The summed E-state index contributed by atoms with van der Waals surface area (Å²) in [5.74, 6) is 0.490. The van der Waals surface area contributed by atoms with Crippen molar-refractivity contribution in [2.75, 3.05) is 7.11 Å². The number of aromatic nitrogens is 3. The zero-order chi connectivity index (χ0) is 13.5. The van der Waals surface area contributed by atoms with E-state index in [0.717, 1.165) is 5.82 Å². The molecule has 0 bridgehead atoms. The number of methoxy groups -OCH3 is 1. The Balaban J connectivity index is 2.38. The maximum atomic E-state index is 11.6. The molecule has 1 aromatic rings. The molecular formula is C12H19N3O3. The van der Waals surface area contributed by atoms with E-state index in [9.17, 15) is 9.59 Å². The average molecular weight is 253 g/mol. The van der Waals surface area contributed by atoms with Crippen molar-refractivity contribution in [2.45, 2.75) is 45.6 Å². The predicted octanol–water partition coefficient (Wildman–Crippen LogP) is 1.31. The number of aryl methyl sites for hydroxylation is 1. The molecule has 6 nitrogen and oxygen atoms in total. The first-order chi connectivity index (χ1) is 8.54. The van der Waals surface area contributed by atoms with Crippen LogP contribution in [-0.4, -0.2) is 33.6 Å². The Bertz CT molecular complexity index is 412. The molecule has 0 unspecified atom stereocenters. The van der Waals surface area contributed by atoms with Crippen molar-refractivity contribution in [3.05, 3.63) is 12.2 Å². The average Bonchev–Trinajstić information content (AvgIpc) is 2.81. The second-order valence-corrected chi connectivity index (χ2v) is 4.33. The molecule has 1 heterocycles. The van der Waals surface area contributed by atoms with Crippen LogP contribution in [0.2, 0.25) is 0 Å². The van der Waals surface area contributed by atoms with Gasteiger partial charge in [-0.3, -0.25) is 9.59 Å².